The lowest BCUT2D eigenvalue weighted by Gasteiger charge is -2.10. The van der Waals surface area contributed by atoms with E-state index in [9.17, 15) is 4.79 Å². The molecule has 1 aromatic heterocycles. The van der Waals surface area contributed by atoms with Gasteiger partial charge in [-0.1, -0.05) is 25.7 Å². The Balaban J connectivity index is 2.10. The number of carboxylic acids is 1. The SMILES string of the molecule is O=C(O)c1ccc(C2CCCCCC2)s1. The fourth-order valence-electron chi connectivity index (χ4n) is 2.25. The monoisotopic (exact) mass is 224 g/mol. The van der Waals surface area contributed by atoms with Crippen molar-refractivity contribution in [2.75, 3.05) is 0 Å². The molecule has 1 N–H and O–H groups in total. The first-order valence-corrected chi connectivity index (χ1v) is 6.42. The largest absolute Gasteiger partial charge is 0.477 e. The zero-order valence-corrected chi connectivity index (χ0v) is 9.55. The first kappa shape index (κ1) is 10.7. The Labute approximate surface area is 93.9 Å². The van der Waals surface area contributed by atoms with E-state index >= 15 is 0 Å². The lowest BCUT2D eigenvalue weighted by molar-refractivity contribution is 0.0702. The van der Waals surface area contributed by atoms with Crippen molar-refractivity contribution in [3.8, 4) is 0 Å². The number of hydrogen-bond donors (Lipinski definition) is 1. The molecule has 0 aliphatic heterocycles. The first-order valence-electron chi connectivity index (χ1n) is 5.60. The summed E-state index contributed by atoms with van der Waals surface area (Å²) in [5.41, 5.74) is 0. The van der Waals surface area contributed by atoms with Crippen LogP contribution in [0.2, 0.25) is 0 Å². The zero-order chi connectivity index (χ0) is 10.7. The zero-order valence-electron chi connectivity index (χ0n) is 8.74. The van der Waals surface area contributed by atoms with Crippen molar-refractivity contribution in [2.24, 2.45) is 0 Å². The van der Waals surface area contributed by atoms with Crippen LogP contribution in [0, 0.1) is 0 Å². The van der Waals surface area contributed by atoms with Gasteiger partial charge in [-0.25, -0.2) is 4.79 Å². The van der Waals surface area contributed by atoms with Gasteiger partial charge in [0.05, 0.1) is 0 Å². The summed E-state index contributed by atoms with van der Waals surface area (Å²) in [6, 6.07) is 3.75. The van der Waals surface area contributed by atoms with Gasteiger partial charge < -0.3 is 5.11 Å². The molecule has 1 aliphatic carbocycles. The molecule has 0 unspecified atom stereocenters. The summed E-state index contributed by atoms with van der Waals surface area (Å²) in [5.74, 6) is -0.175. The second-order valence-corrected chi connectivity index (χ2v) is 5.31. The van der Waals surface area contributed by atoms with Crippen LogP contribution in [0.25, 0.3) is 0 Å². The molecule has 1 aromatic rings. The Morgan fingerprint density at radius 3 is 2.40 bits per heavy atom. The minimum absolute atomic E-state index is 0.481. The molecule has 2 rings (SSSR count). The number of hydrogen-bond acceptors (Lipinski definition) is 2. The van der Waals surface area contributed by atoms with Gasteiger partial charge in [-0.2, -0.15) is 0 Å². The van der Waals surface area contributed by atoms with E-state index in [-0.39, 0.29) is 0 Å². The molecule has 1 saturated carbocycles. The third-order valence-corrected chi connectivity index (χ3v) is 4.33. The van der Waals surface area contributed by atoms with Gasteiger partial charge in [0.1, 0.15) is 4.88 Å². The lowest BCUT2D eigenvalue weighted by Crippen LogP contribution is -1.93. The van der Waals surface area contributed by atoms with Gasteiger partial charge >= 0.3 is 5.97 Å². The Kier molecular flexibility index (Phi) is 3.41. The number of carbonyl (C=O) groups is 1. The van der Waals surface area contributed by atoms with Gasteiger partial charge in [-0.15, -0.1) is 11.3 Å². The molecule has 1 aliphatic rings. The van der Waals surface area contributed by atoms with Crippen molar-refractivity contribution in [2.45, 2.75) is 44.4 Å². The predicted octanol–water partition coefficient (Wildman–Crippen LogP) is 3.88. The molecular weight excluding hydrogens is 208 g/mol. The maximum atomic E-state index is 10.8. The van der Waals surface area contributed by atoms with Crippen LogP contribution in [0.5, 0.6) is 0 Å². The van der Waals surface area contributed by atoms with E-state index in [1.807, 2.05) is 6.07 Å². The van der Waals surface area contributed by atoms with Crippen molar-refractivity contribution in [1.29, 1.82) is 0 Å². The van der Waals surface area contributed by atoms with E-state index < -0.39 is 5.97 Å². The van der Waals surface area contributed by atoms with Crippen LogP contribution in [0.4, 0.5) is 0 Å². The Morgan fingerprint density at radius 1 is 1.20 bits per heavy atom. The fourth-order valence-corrected chi connectivity index (χ4v) is 3.27. The van der Waals surface area contributed by atoms with E-state index in [2.05, 4.69) is 0 Å². The predicted molar refractivity (Wildman–Crippen MR) is 61.7 cm³/mol. The van der Waals surface area contributed by atoms with Crippen LogP contribution in [-0.4, -0.2) is 11.1 Å². The average molecular weight is 224 g/mol. The van der Waals surface area contributed by atoms with E-state index in [0.29, 0.717) is 10.8 Å². The first-order chi connectivity index (χ1) is 7.27. The number of thiophene rings is 1. The highest BCUT2D eigenvalue weighted by Crippen LogP contribution is 2.35. The molecule has 0 spiro atoms. The summed E-state index contributed by atoms with van der Waals surface area (Å²) in [6.07, 6.45) is 7.75. The average Bonchev–Trinajstić information content (AvgIpc) is 2.55. The van der Waals surface area contributed by atoms with Crippen LogP contribution in [0.15, 0.2) is 12.1 Å². The van der Waals surface area contributed by atoms with Gasteiger partial charge in [-0.3, -0.25) is 0 Å². The van der Waals surface area contributed by atoms with Crippen molar-refractivity contribution in [1.82, 2.24) is 0 Å². The topological polar surface area (TPSA) is 37.3 Å². The maximum absolute atomic E-state index is 10.8. The standard InChI is InChI=1S/C12H16O2S/c13-12(14)11-8-7-10(15-11)9-5-3-1-2-4-6-9/h7-9H,1-6H2,(H,13,14). The molecule has 0 amide bonds. The molecule has 0 aromatic carbocycles. The van der Waals surface area contributed by atoms with E-state index in [0.717, 1.165) is 0 Å². The maximum Gasteiger partial charge on any atom is 0.345 e. The molecule has 2 nitrogen and oxygen atoms in total. The fraction of sp³-hybridized carbons (Fsp3) is 0.583. The van der Waals surface area contributed by atoms with Crippen LogP contribution < -0.4 is 0 Å². The molecule has 0 atom stereocenters. The van der Waals surface area contributed by atoms with Crippen molar-refractivity contribution in [3.63, 3.8) is 0 Å². The number of rotatable bonds is 2. The quantitative estimate of drug-likeness (QED) is 0.774. The van der Waals surface area contributed by atoms with Crippen LogP contribution in [-0.2, 0) is 0 Å². The molecule has 15 heavy (non-hydrogen) atoms. The van der Waals surface area contributed by atoms with E-state index in [4.69, 9.17) is 5.11 Å². The molecule has 3 heteroatoms. The minimum Gasteiger partial charge on any atom is -0.477 e. The van der Waals surface area contributed by atoms with Crippen molar-refractivity contribution >= 4 is 17.3 Å². The highest BCUT2D eigenvalue weighted by atomic mass is 32.1. The molecule has 0 radical (unpaired) electrons. The third kappa shape index (κ3) is 2.59. The number of carboxylic acid groups (broad SMARTS) is 1. The molecular formula is C12H16O2S. The van der Waals surface area contributed by atoms with Crippen LogP contribution >= 0.6 is 11.3 Å². The van der Waals surface area contributed by atoms with Gasteiger partial charge in [-0.05, 0) is 30.9 Å². The molecule has 1 heterocycles. The Morgan fingerprint density at radius 2 is 1.87 bits per heavy atom. The highest BCUT2D eigenvalue weighted by molar-refractivity contribution is 7.14. The van der Waals surface area contributed by atoms with Gasteiger partial charge in [0.2, 0.25) is 0 Å². The van der Waals surface area contributed by atoms with E-state index in [1.54, 1.807) is 6.07 Å². The van der Waals surface area contributed by atoms with Crippen LogP contribution in [0.1, 0.15) is 59.0 Å². The molecule has 0 bridgehead atoms. The highest BCUT2D eigenvalue weighted by Gasteiger charge is 2.17. The van der Waals surface area contributed by atoms with Gasteiger partial charge in [0.25, 0.3) is 0 Å². The smallest absolute Gasteiger partial charge is 0.345 e. The second kappa shape index (κ2) is 4.79. The second-order valence-electron chi connectivity index (χ2n) is 4.20. The van der Waals surface area contributed by atoms with Crippen LogP contribution in [0.3, 0.4) is 0 Å². The Hall–Kier alpha value is -0.830. The van der Waals surface area contributed by atoms with Gasteiger partial charge in [0.15, 0.2) is 0 Å². The third-order valence-electron chi connectivity index (χ3n) is 3.10. The van der Waals surface area contributed by atoms with E-state index in [1.165, 1.54) is 54.7 Å². The molecule has 0 saturated heterocycles. The summed E-state index contributed by atoms with van der Waals surface area (Å²) in [7, 11) is 0. The summed E-state index contributed by atoms with van der Waals surface area (Å²) in [6.45, 7) is 0. The summed E-state index contributed by atoms with van der Waals surface area (Å²) in [5, 5.41) is 8.86. The van der Waals surface area contributed by atoms with Crippen molar-refractivity contribution < 1.29 is 9.90 Å². The minimum atomic E-state index is -0.792. The molecule has 1 fully saturated rings. The molecule has 82 valence electrons. The normalized spacial score (nSPS) is 18.7. The number of aromatic carboxylic acids is 1. The Bertz CT molecular complexity index is 335. The summed E-state index contributed by atoms with van der Waals surface area (Å²) in [4.78, 5) is 12.5. The van der Waals surface area contributed by atoms with Crippen molar-refractivity contribution in [3.05, 3.63) is 21.9 Å². The lowest BCUT2D eigenvalue weighted by atomic mass is 9.99. The summed E-state index contributed by atoms with van der Waals surface area (Å²) >= 11 is 1.46. The van der Waals surface area contributed by atoms with Gasteiger partial charge in [0, 0.05) is 4.88 Å². The summed E-state index contributed by atoms with van der Waals surface area (Å²) < 4.78 is 0.